The van der Waals surface area contributed by atoms with Crippen molar-refractivity contribution in [2.75, 3.05) is 26.6 Å². The van der Waals surface area contributed by atoms with E-state index >= 15 is 0 Å². The van der Waals surface area contributed by atoms with Crippen LogP contribution in [0.15, 0.2) is 34.7 Å². The van der Waals surface area contributed by atoms with Crippen LogP contribution >= 0.6 is 11.8 Å². The zero-order chi connectivity index (χ0) is 15.7. The number of carbonyl (C=O) groups is 1. The van der Waals surface area contributed by atoms with Crippen LogP contribution in [0.1, 0.15) is 6.42 Å². The first-order valence-corrected chi connectivity index (χ1v) is 6.98. The van der Waals surface area contributed by atoms with Crippen molar-refractivity contribution < 1.29 is 19.4 Å². The number of rotatable bonds is 6. The lowest BCUT2D eigenvalue weighted by molar-refractivity contribution is -0.135. The minimum Gasteiger partial charge on any atom is -0.493 e. The number of hydrogen-bond donors (Lipinski definition) is 2. The lowest BCUT2D eigenvalue weighted by Gasteiger charge is -2.11. The van der Waals surface area contributed by atoms with Crippen LogP contribution in [0.25, 0.3) is 0 Å². The molecule has 0 bridgehead atoms. The monoisotopic (exact) mass is 310 g/mol. The number of thioether (sulfide) groups is 1. The number of methoxy groups -OCH3 is 2. The molecule has 0 amide bonds. The molecule has 0 saturated heterocycles. The van der Waals surface area contributed by atoms with Gasteiger partial charge in [-0.15, -0.1) is 0 Å². The van der Waals surface area contributed by atoms with E-state index in [2.05, 4.69) is 10.3 Å². The van der Waals surface area contributed by atoms with Crippen LogP contribution in [-0.4, -0.2) is 37.5 Å². The first-order valence-electron chi connectivity index (χ1n) is 6.10. The van der Waals surface area contributed by atoms with E-state index in [0.29, 0.717) is 16.7 Å². The number of carboxylic acids is 1. The Kier molecular flexibility index (Phi) is 7.17. The molecule has 0 fully saturated rings. The average molecular weight is 310 g/mol. The second kappa shape index (κ2) is 8.91. The molecule has 0 aliphatic carbocycles. The van der Waals surface area contributed by atoms with Gasteiger partial charge in [0.15, 0.2) is 16.7 Å². The van der Waals surface area contributed by atoms with Gasteiger partial charge in [-0.1, -0.05) is 17.8 Å². The molecule has 0 saturated carbocycles. The number of nitrogens with one attached hydrogen (secondary N) is 1. The Hall–Kier alpha value is -2.15. The van der Waals surface area contributed by atoms with Crippen molar-refractivity contribution in [3.8, 4) is 11.5 Å². The molecule has 0 unspecified atom stereocenters. The van der Waals surface area contributed by atoms with Gasteiger partial charge in [0.1, 0.15) is 0 Å². The number of carboxylic acid groups (broad SMARTS) is 1. The van der Waals surface area contributed by atoms with Crippen LogP contribution in [-0.2, 0) is 4.79 Å². The van der Waals surface area contributed by atoms with Crippen molar-refractivity contribution in [2.24, 2.45) is 4.99 Å². The summed E-state index contributed by atoms with van der Waals surface area (Å²) < 4.78 is 10.4. The van der Waals surface area contributed by atoms with Gasteiger partial charge in [0, 0.05) is 18.8 Å². The number of nitrogens with zero attached hydrogens (tertiary/aromatic N) is 1. The predicted octanol–water partition coefficient (Wildman–Crippen LogP) is 2.82. The van der Waals surface area contributed by atoms with Gasteiger partial charge in [0.05, 0.1) is 20.6 Å². The molecule has 0 radical (unpaired) electrons. The molecule has 0 aliphatic heterocycles. The molecule has 1 aromatic rings. The van der Waals surface area contributed by atoms with E-state index < -0.39 is 5.97 Å². The molecule has 1 aromatic carbocycles. The fraction of sp³-hybridized carbons (Fsp3) is 0.286. The van der Waals surface area contributed by atoms with Crippen LogP contribution in [0.2, 0.25) is 0 Å². The van der Waals surface area contributed by atoms with E-state index in [4.69, 9.17) is 14.6 Å². The quantitative estimate of drug-likeness (QED) is 0.621. The zero-order valence-corrected chi connectivity index (χ0v) is 12.9. The molecule has 114 valence electrons. The average Bonchev–Trinajstić information content (AvgIpc) is 2.49. The maximum absolute atomic E-state index is 10.4. The van der Waals surface area contributed by atoms with Gasteiger partial charge in [-0.25, -0.2) is 0 Å². The van der Waals surface area contributed by atoms with Crippen LogP contribution in [0.3, 0.4) is 0 Å². The SMILES string of the molecule is CN=C(Nc1ccc(OC)c(OC)c1)S/C=C/CC(=O)O. The molecule has 0 aliphatic rings. The van der Waals surface area contributed by atoms with Gasteiger partial charge in [-0.2, -0.15) is 0 Å². The molecule has 7 heteroatoms. The van der Waals surface area contributed by atoms with E-state index in [9.17, 15) is 4.79 Å². The van der Waals surface area contributed by atoms with Gasteiger partial charge in [0.25, 0.3) is 0 Å². The summed E-state index contributed by atoms with van der Waals surface area (Å²) in [6.07, 6.45) is 1.55. The number of aliphatic carboxylic acids is 1. The second-order valence-corrected chi connectivity index (χ2v) is 4.71. The summed E-state index contributed by atoms with van der Waals surface area (Å²) in [4.78, 5) is 14.5. The number of hydrogen-bond acceptors (Lipinski definition) is 5. The highest BCUT2D eigenvalue weighted by Crippen LogP contribution is 2.30. The molecule has 21 heavy (non-hydrogen) atoms. The van der Waals surface area contributed by atoms with Crippen molar-refractivity contribution in [1.82, 2.24) is 0 Å². The third-order valence-electron chi connectivity index (χ3n) is 2.41. The van der Waals surface area contributed by atoms with Gasteiger partial charge < -0.3 is 19.9 Å². The third kappa shape index (κ3) is 5.78. The van der Waals surface area contributed by atoms with Gasteiger partial charge in [-0.3, -0.25) is 9.79 Å². The molecule has 0 atom stereocenters. The van der Waals surface area contributed by atoms with Crippen LogP contribution in [0.4, 0.5) is 5.69 Å². The fourth-order valence-corrected chi connectivity index (χ4v) is 2.04. The number of benzene rings is 1. The molecular formula is C14H18N2O4S. The molecular weight excluding hydrogens is 292 g/mol. The largest absolute Gasteiger partial charge is 0.493 e. The Labute approximate surface area is 127 Å². The molecule has 0 aromatic heterocycles. The predicted molar refractivity (Wildman–Crippen MR) is 85.5 cm³/mol. The summed E-state index contributed by atoms with van der Waals surface area (Å²) in [6.45, 7) is 0. The van der Waals surface area contributed by atoms with Crippen LogP contribution < -0.4 is 14.8 Å². The first-order chi connectivity index (χ1) is 10.1. The van der Waals surface area contributed by atoms with Crippen molar-refractivity contribution in [2.45, 2.75) is 6.42 Å². The maximum Gasteiger partial charge on any atom is 0.307 e. The number of amidine groups is 1. The summed E-state index contributed by atoms with van der Waals surface area (Å²) in [7, 11) is 4.80. The molecule has 1 rings (SSSR count). The van der Waals surface area contributed by atoms with Crippen molar-refractivity contribution >= 4 is 28.6 Å². The molecule has 0 spiro atoms. The third-order valence-corrected chi connectivity index (χ3v) is 3.24. The topological polar surface area (TPSA) is 80.2 Å². The number of aliphatic imine (C=N–C) groups is 1. The van der Waals surface area contributed by atoms with Crippen LogP contribution in [0.5, 0.6) is 11.5 Å². The molecule has 0 heterocycles. The Morgan fingerprint density at radius 3 is 2.67 bits per heavy atom. The summed E-state index contributed by atoms with van der Waals surface area (Å²) in [5, 5.41) is 14.0. The summed E-state index contributed by atoms with van der Waals surface area (Å²) >= 11 is 1.30. The second-order valence-electron chi connectivity index (χ2n) is 3.81. The molecule has 6 nitrogen and oxygen atoms in total. The Morgan fingerprint density at radius 2 is 2.10 bits per heavy atom. The summed E-state index contributed by atoms with van der Waals surface area (Å²) in [6, 6.07) is 5.43. The van der Waals surface area contributed by atoms with Gasteiger partial charge >= 0.3 is 5.97 Å². The first kappa shape index (κ1) is 16.9. The highest BCUT2D eigenvalue weighted by Gasteiger charge is 2.06. The van der Waals surface area contributed by atoms with Gasteiger partial charge in [-0.05, 0) is 17.5 Å². The highest BCUT2D eigenvalue weighted by molar-refractivity contribution is 8.16. The highest BCUT2D eigenvalue weighted by atomic mass is 32.2. The van der Waals surface area contributed by atoms with Gasteiger partial charge in [0.2, 0.25) is 0 Å². The van der Waals surface area contributed by atoms with E-state index in [1.54, 1.807) is 44.9 Å². The maximum atomic E-state index is 10.4. The van der Waals surface area contributed by atoms with E-state index in [1.165, 1.54) is 11.8 Å². The Morgan fingerprint density at radius 1 is 1.38 bits per heavy atom. The normalized spacial score (nSPS) is 11.5. The lowest BCUT2D eigenvalue weighted by Crippen LogP contribution is -2.07. The fourth-order valence-electron chi connectivity index (χ4n) is 1.44. The van der Waals surface area contributed by atoms with Crippen molar-refractivity contribution in [3.63, 3.8) is 0 Å². The molecule has 2 N–H and O–H groups in total. The smallest absolute Gasteiger partial charge is 0.307 e. The van der Waals surface area contributed by atoms with E-state index in [1.807, 2.05) is 6.07 Å². The van der Waals surface area contributed by atoms with Crippen LogP contribution in [0, 0.1) is 0 Å². The number of ether oxygens (including phenoxy) is 2. The van der Waals surface area contributed by atoms with E-state index in [0.717, 1.165) is 5.69 Å². The number of anilines is 1. The summed E-state index contributed by atoms with van der Waals surface area (Å²) in [5.41, 5.74) is 0.799. The Balaban J connectivity index is 2.69. The minimum atomic E-state index is -0.866. The Bertz CT molecular complexity index is 544. The van der Waals surface area contributed by atoms with E-state index in [-0.39, 0.29) is 6.42 Å². The zero-order valence-electron chi connectivity index (χ0n) is 12.1. The van der Waals surface area contributed by atoms with Crippen molar-refractivity contribution in [1.29, 1.82) is 0 Å². The summed E-state index contributed by atoms with van der Waals surface area (Å²) in [5.74, 6) is 0.395. The standard InChI is InChI=1S/C14H18N2O4S/c1-15-14(21-8-4-5-13(17)18)16-10-6-7-11(19-2)12(9-10)20-3/h4,6-9H,5H2,1-3H3,(H,15,16)(H,17,18)/b8-4+. The van der Waals surface area contributed by atoms with Crippen molar-refractivity contribution in [3.05, 3.63) is 29.7 Å². The minimum absolute atomic E-state index is 0.0135. The lowest BCUT2D eigenvalue weighted by atomic mass is 10.3.